The number of carbonyl (C=O) groups excluding carboxylic acids is 1. The number of hydrogen-bond acceptors (Lipinski definition) is 7. The van der Waals surface area contributed by atoms with Gasteiger partial charge in [0.2, 0.25) is 0 Å². The third kappa shape index (κ3) is 6.18. The molecule has 0 radical (unpaired) electrons. The van der Waals surface area contributed by atoms with Crippen LogP contribution in [-0.4, -0.2) is 56.8 Å². The van der Waals surface area contributed by atoms with Crippen molar-refractivity contribution in [3.63, 3.8) is 0 Å². The summed E-state index contributed by atoms with van der Waals surface area (Å²) < 4.78 is 33.8. The number of esters is 1. The third-order valence-electron chi connectivity index (χ3n) is 5.82. The minimum absolute atomic E-state index is 0.102. The standard InChI is InChI=1S/C26H34O7/c1-17(19(14-28-6)24(27)29-7)9-8-10-18-11-12-20-21(13-18)32-25(2,3)22(15-30-20)31-16-23-26(4,5)33-23/h8-14,22-23H,15-16H2,1-7H3/t22-,23-/m1/s1. The van der Waals surface area contributed by atoms with E-state index in [2.05, 4.69) is 13.8 Å². The highest BCUT2D eigenvalue weighted by atomic mass is 16.6. The largest absolute Gasteiger partial charge is 0.503 e. The van der Waals surface area contributed by atoms with Crippen molar-refractivity contribution in [2.45, 2.75) is 58.0 Å². The zero-order chi connectivity index (χ0) is 24.2. The van der Waals surface area contributed by atoms with Crippen molar-refractivity contribution < 1.29 is 33.2 Å². The van der Waals surface area contributed by atoms with Gasteiger partial charge in [0.15, 0.2) is 11.5 Å². The fraction of sp³-hybridized carbons (Fsp3) is 0.500. The van der Waals surface area contributed by atoms with Gasteiger partial charge in [-0.25, -0.2) is 4.79 Å². The molecule has 2 aliphatic heterocycles. The van der Waals surface area contributed by atoms with E-state index in [0.717, 1.165) is 11.1 Å². The summed E-state index contributed by atoms with van der Waals surface area (Å²) in [6, 6.07) is 5.77. The van der Waals surface area contributed by atoms with Crippen LogP contribution >= 0.6 is 0 Å². The van der Waals surface area contributed by atoms with E-state index >= 15 is 0 Å². The highest BCUT2D eigenvalue weighted by molar-refractivity contribution is 5.93. The number of carbonyl (C=O) groups is 1. The van der Waals surface area contributed by atoms with Gasteiger partial charge in [-0.1, -0.05) is 24.3 Å². The Morgan fingerprint density at radius 3 is 2.52 bits per heavy atom. The summed E-state index contributed by atoms with van der Waals surface area (Å²) in [7, 11) is 2.83. The van der Waals surface area contributed by atoms with Gasteiger partial charge in [0, 0.05) is 0 Å². The van der Waals surface area contributed by atoms with Crippen LogP contribution in [0.3, 0.4) is 0 Å². The molecule has 0 aromatic heterocycles. The Hall–Kier alpha value is -2.77. The van der Waals surface area contributed by atoms with E-state index in [9.17, 15) is 4.79 Å². The molecule has 1 aromatic rings. The molecule has 3 rings (SSSR count). The number of epoxide rings is 1. The van der Waals surface area contributed by atoms with Crippen LogP contribution in [0.1, 0.15) is 40.2 Å². The second-order valence-electron chi connectivity index (χ2n) is 9.22. The predicted molar refractivity (Wildman–Crippen MR) is 125 cm³/mol. The summed E-state index contributed by atoms with van der Waals surface area (Å²) in [5.74, 6) is 0.883. The van der Waals surface area contributed by atoms with Gasteiger partial charge in [-0.15, -0.1) is 0 Å². The Balaban J connectivity index is 1.69. The first kappa shape index (κ1) is 24.9. The zero-order valence-corrected chi connectivity index (χ0v) is 20.5. The Bertz CT molecular complexity index is 955. The molecule has 1 saturated heterocycles. The van der Waals surface area contributed by atoms with Gasteiger partial charge in [0.1, 0.15) is 24.4 Å². The van der Waals surface area contributed by atoms with Gasteiger partial charge in [0.05, 0.1) is 38.3 Å². The van der Waals surface area contributed by atoms with Crippen LogP contribution in [0, 0.1) is 0 Å². The Kier molecular flexibility index (Phi) is 7.55. The van der Waals surface area contributed by atoms with Crippen LogP contribution in [0.25, 0.3) is 6.08 Å². The van der Waals surface area contributed by atoms with Crippen molar-refractivity contribution in [1.29, 1.82) is 0 Å². The quantitative estimate of drug-likeness (QED) is 0.187. The van der Waals surface area contributed by atoms with Crippen molar-refractivity contribution in [2.24, 2.45) is 0 Å². The molecule has 2 aliphatic rings. The van der Waals surface area contributed by atoms with Gasteiger partial charge in [0.25, 0.3) is 0 Å². The molecule has 1 aromatic carbocycles. The molecule has 0 saturated carbocycles. The summed E-state index contributed by atoms with van der Waals surface area (Å²) >= 11 is 0. The molecule has 2 atom stereocenters. The molecule has 0 unspecified atom stereocenters. The fourth-order valence-electron chi connectivity index (χ4n) is 3.49. The van der Waals surface area contributed by atoms with E-state index in [0.29, 0.717) is 30.3 Å². The molecule has 1 fully saturated rings. The molecular formula is C26H34O7. The van der Waals surface area contributed by atoms with Crippen LogP contribution < -0.4 is 9.47 Å². The first-order valence-electron chi connectivity index (χ1n) is 11.0. The van der Waals surface area contributed by atoms with Crippen LogP contribution in [0.2, 0.25) is 0 Å². The molecule has 0 aliphatic carbocycles. The van der Waals surface area contributed by atoms with Crippen LogP contribution in [-0.2, 0) is 23.7 Å². The molecule has 7 nitrogen and oxygen atoms in total. The number of allylic oxidation sites excluding steroid dienone is 2. The number of benzene rings is 1. The molecular weight excluding hydrogens is 424 g/mol. The average Bonchev–Trinajstić information content (AvgIpc) is 3.40. The van der Waals surface area contributed by atoms with E-state index in [4.69, 9.17) is 28.4 Å². The van der Waals surface area contributed by atoms with Crippen LogP contribution in [0.15, 0.2) is 47.8 Å². The lowest BCUT2D eigenvalue weighted by Crippen LogP contribution is -2.46. The molecule has 0 spiro atoms. The summed E-state index contributed by atoms with van der Waals surface area (Å²) in [5.41, 5.74) is 1.31. The highest BCUT2D eigenvalue weighted by Gasteiger charge is 2.49. The first-order chi connectivity index (χ1) is 15.6. The summed E-state index contributed by atoms with van der Waals surface area (Å²) in [5, 5.41) is 0. The highest BCUT2D eigenvalue weighted by Crippen LogP contribution is 2.39. The van der Waals surface area contributed by atoms with Crippen LogP contribution in [0.4, 0.5) is 0 Å². The maximum absolute atomic E-state index is 11.9. The average molecular weight is 459 g/mol. The van der Waals surface area contributed by atoms with Crippen molar-refractivity contribution in [2.75, 3.05) is 27.4 Å². The number of ether oxygens (including phenoxy) is 6. The molecule has 7 heteroatoms. The van der Waals surface area contributed by atoms with Crippen molar-refractivity contribution >= 4 is 12.0 Å². The monoisotopic (exact) mass is 458 g/mol. The molecule has 0 bridgehead atoms. The third-order valence-corrected chi connectivity index (χ3v) is 5.82. The van der Waals surface area contributed by atoms with Crippen LogP contribution in [0.5, 0.6) is 11.5 Å². The van der Waals surface area contributed by atoms with Crippen molar-refractivity contribution in [3.8, 4) is 11.5 Å². The maximum atomic E-state index is 11.9. The van der Waals surface area contributed by atoms with E-state index in [-0.39, 0.29) is 17.8 Å². The first-order valence-corrected chi connectivity index (χ1v) is 11.0. The van der Waals surface area contributed by atoms with Gasteiger partial charge >= 0.3 is 5.97 Å². The topological polar surface area (TPSA) is 75.8 Å². The van der Waals surface area contributed by atoms with Gasteiger partial charge in [-0.05, 0) is 57.9 Å². The zero-order valence-electron chi connectivity index (χ0n) is 20.5. The lowest BCUT2D eigenvalue weighted by molar-refractivity contribution is -0.135. The lowest BCUT2D eigenvalue weighted by atomic mass is 10.0. The second kappa shape index (κ2) is 10.0. The van der Waals surface area contributed by atoms with Gasteiger partial charge in [-0.2, -0.15) is 0 Å². The maximum Gasteiger partial charge on any atom is 0.341 e. The Morgan fingerprint density at radius 1 is 1.15 bits per heavy atom. The smallest absolute Gasteiger partial charge is 0.341 e. The Labute approximate surface area is 195 Å². The van der Waals surface area contributed by atoms with E-state index in [1.54, 1.807) is 0 Å². The number of hydrogen-bond donors (Lipinski definition) is 0. The number of methoxy groups -OCH3 is 2. The molecule has 2 heterocycles. The van der Waals surface area contributed by atoms with Gasteiger partial charge < -0.3 is 28.4 Å². The molecule has 0 amide bonds. The fourth-order valence-corrected chi connectivity index (χ4v) is 3.49. The normalized spacial score (nSPS) is 23.7. The summed E-state index contributed by atoms with van der Waals surface area (Å²) in [4.78, 5) is 11.9. The van der Waals surface area contributed by atoms with Crippen molar-refractivity contribution in [3.05, 3.63) is 53.3 Å². The van der Waals surface area contributed by atoms with E-state index in [1.165, 1.54) is 20.5 Å². The number of fused-ring (bicyclic) bond motifs is 1. The van der Waals surface area contributed by atoms with Crippen molar-refractivity contribution in [1.82, 2.24) is 0 Å². The van der Waals surface area contributed by atoms with Gasteiger partial charge in [-0.3, -0.25) is 0 Å². The van der Waals surface area contributed by atoms with E-state index < -0.39 is 11.6 Å². The minimum atomic E-state index is -0.580. The number of rotatable bonds is 8. The van der Waals surface area contributed by atoms with E-state index in [1.807, 2.05) is 57.2 Å². The molecule has 180 valence electrons. The summed E-state index contributed by atoms with van der Waals surface area (Å²) in [6.07, 6.45) is 6.84. The summed E-state index contributed by atoms with van der Waals surface area (Å²) in [6.45, 7) is 10.8. The predicted octanol–water partition coefficient (Wildman–Crippen LogP) is 4.46. The SMILES string of the molecule is COC=C(C(=O)OC)C(C)=CC=Cc1ccc2c(c1)OC(C)(C)[C@H](OC[C@H]1OC1(C)C)CO2. The molecule has 0 N–H and O–H groups in total. The Morgan fingerprint density at radius 2 is 1.88 bits per heavy atom. The minimum Gasteiger partial charge on any atom is -0.503 e. The second-order valence-corrected chi connectivity index (χ2v) is 9.22. The lowest BCUT2D eigenvalue weighted by Gasteiger charge is -2.31. The molecule has 33 heavy (non-hydrogen) atoms.